The van der Waals surface area contributed by atoms with Crippen molar-refractivity contribution in [3.05, 3.63) is 46.8 Å². The summed E-state index contributed by atoms with van der Waals surface area (Å²) in [5.41, 5.74) is 0.651. The number of hydrogen-bond acceptors (Lipinski definition) is 2. The van der Waals surface area contributed by atoms with E-state index in [4.69, 9.17) is 4.74 Å². The molecule has 0 aliphatic heterocycles. The van der Waals surface area contributed by atoms with Gasteiger partial charge >= 0.3 is 0 Å². The molecular formula is C19H19BrFNO. The van der Waals surface area contributed by atoms with Gasteiger partial charge in [0.2, 0.25) is 5.95 Å². The van der Waals surface area contributed by atoms with E-state index in [2.05, 4.69) is 27.8 Å². The number of pyridine rings is 1. The van der Waals surface area contributed by atoms with E-state index in [0.717, 1.165) is 21.7 Å². The van der Waals surface area contributed by atoms with Crippen LogP contribution in [-0.2, 0) is 0 Å². The number of benzene rings is 2. The molecule has 0 aliphatic carbocycles. The molecule has 23 heavy (non-hydrogen) atoms. The number of hydrogen-bond donors (Lipinski definition) is 0. The van der Waals surface area contributed by atoms with Crippen LogP contribution in [0.2, 0.25) is 0 Å². The zero-order chi connectivity index (χ0) is 16.2. The Balaban J connectivity index is 1.89. The molecule has 2 nitrogen and oxygen atoms in total. The Labute approximate surface area is 143 Å². The highest BCUT2D eigenvalue weighted by molar-refractivity contribution is 9.10. The first-order chi connectivity index (χ1) is 11.2. The molecule has 0 spiro atoms. The molecule has 0 amide bonds. The van der Waals surface area contributed by atoms with Crippen LogP contribution in [0.5, 0.6) is 5.75 Å². The van der Waals surface area contributed by atoms with Crippen molar-refractivity contribution in [3.8, 4) is 5.75 Å². The van der Waals surface area contributed by atoms with E-state index >= 15 is 0 Å². The number of rotatable bonds is 6. The minimum atomic E-state index is -0.456. The number of unbranched alkanes of at least 4 members (excludes halogenated alkanes) is 3. The second-order valence-corrected chi connectivity index (χ2v) is 6.60. The predicted octanol–water partition coefficient (Wildman–Crippen LogP) is 6.25. The average Bonchev–Trinajstić information content (AvgIpc) is 2.54. The first-order valence-electron chi connectivity index (χ1n) is 8.00. The molecule has 3 aromatic rings. The second-order valence-electron chi connectivity index (χ2n) is 5.68. The van der Waals surface area contributed by atoms with Gasteiger partial charge in [-0.05, 0) is 42.1 Å². The summed E-state index contributed by atoms with van der Waals surface area (Å²) in [7, 11) is 0. The lowest BCUT2D eigenvalue weighted by Crippen LogP contribution is -1.98. The van der Waals surface area contributed by atoms with Crippen LogP contribution >= 0.6 is 15.9 Å². The van der Waals surface area contributed by atoms with E-state index in [1.54, 1.807) is 6.07 Å². The minimum Gasteiger partial charge on any atom is -0.494 e. The molecule has 0 N–H and O–H groups in total. The highest BCUT2D eigenvalue weighted by atomic mass is 79.9. The van der Waals surface area contributed by atoms with E-state index < -0.39 is 5.95 Å². The van der Waals surface area contributed by atoms with Crippen molar-refractivity contribution in [2.45, 2.75) is 32.6 Å². The number of nitrogens with zero attached hydrogens (tertiary/aromatic N) is 1. The van der Waals surface area contributed by atoms with Gasteiger partial charge in [0.15, 0.2) is 0 Å². The van der Waals surface area contributed by atoms with Gasteiger partial charge in [0, 0.05) is 15.2 Å². The Morgan fingerprint density at radius 3 is 2.65 bits per heavy atom. The number of fused-ring (bicyclic) bond motifs is 3. The van der Waals surface area contributed by atoms with Crippen molar-refractivity contribution in [2.75, 3.05) is 6.61 Å². The van der Waals surface area contributed by atoms with Crippen LogP contribution in [0, 0.1) is 5.95 Å². The highest BCUT2D eigenvalue weighted by Crippen LogP contribution is 2.30. The Morgan fingerprint density at radius 1 is 1.00 bits per heavy atom. The average molecular weight is 376 g/mol. The summed E-state index contributed by atoms with van der Waals surface area (Å²) in [6, 6.07) is 11.3. The third-order valence-corrected chi connectivity index (χ3v) is 4.44. The lowest BCUT2D eigenvalue weighted by molar-refractivity contribution is 0.305. The Morgan fingerprint density at radius 2 is 1.83 bits per heavy atom. The maximum atomic E-state index is 14.3. The molecule has 0 saturated heterocycles. The number of halogens is 2. The summed E-state index contributed by atoms with van der Waals surface area (Å²) in [6.07, 6.45) is 4.62. The largest absolute Gasteiger partial charge is 0.494 e. The monoisotopic (exact) mass is 375 g/mol. The first-order valence-corrected chi connectivity index (χ1v) is 8.79. The lowest BCUT2D eigenvalue weighted by atomic mass is 10.1. The van der Waals surface area contributed by atoms with Gasteiger partial charge in [0.25, 0.3) is 0 Å². The van der Waals surface area contributed by atoms with E-state index in [-0.39, 0.29) is 0 Å². The molecule has 0 fully saturated rings. The Kier molecular flexibility index (Phi) is 5.11. The molecule has 0 saturated carbocycles. The molecule has 120 valence electrons. The van der Waals surface area contributed by atoms with Crippen LogP contribution in [0.3, 0.4) is 0 Å². The van der Waals surface area contributed by atoms with E-state index in [9.17, 15) is 4.39 Å². The maximum Gasteiger partial charge on any atom is 0.221 e. The lowest BCUT2D eigenvalue weighted by Gasteiger charge is -2.09. The standard InChI is InChI=1S/C19H19BrFNO/c1-2-3-4-5-10-23-14-7-9-15-16-8-6-13(20)11-18(16)22-19(21)17(15)12-14/h6-9,11-12H,2-5,10H2,1H3. The highest BCUT2D eigenvalue weighted by Gasteiger charge is 2.09. The maximum absolute atomic E-state index is 14.3. The van der Waals surface area contributed by atoms with E-state index in [1.807, 2.05) is 30.3 Å². The molecule has 0 radical (unpaired) electrons. The zero-order valence-corrected chi connectivity index (χ0v) is 14.7. The van der Waals surface area contributed by atoms with Gasteiger partial charge in [-0.3, -0.25) is 0 Å². The molecular weight excluding hydrogens is 357 g/mol. The molecule has 3 rings (SSSR count). The summed E-state index contributed by atoms with van der Waals surface area (Å²) in [5, 5.41) is 2.31. The summed E-state index contributed by atoms with van der Waals surface area (Å²) < 4.78 is 21.0. The third kappa shape index (κ3) is 3.63. The molecule has 0 atom stereocenters. The van der Waals surface area contributed by atoms with Crippen LogP contribution in [0.4, 0.5) is 4.39 Å². The molecule has 1 aromatic heterocycles. The minimum absolute atomic E-state index is 0.456. The summed E-state index contributed by atoms with van der Waals surface area (Å²) in [4.78, 5) is 4.07. The zero-order valence-electron chi connectivity index (χ0n) is 13.1. The fraction of sp³-hybridized carbons (Fsp3) is 0.316. The van der Waals surface area contributed by atoms with Crippen molar-refractivity contribution in [2.24, 2.45) is 0 Å². The van der Waals surface area contributed by atoms with E-state index in [0.29, 0.717) is 23.3 Å². The predicted molar refractivity (Wildman–Crippen MR) is 96.5 cm³/mol. The van der Waals surface area contributed by atoms with Crippen molar-refractivity contribution < 1.29 is 9.13 Å². The Bertz CT molecular complexity index is 834. The van der Waals surface area contributed by atoms with Gasteiger partial charge in [-0.25, -0.2) is 4.98 Å². The molecule has 2 aromatic carbocycles. The fourth-order valence-corrected chi connectivity index (χ4v) is 3.08. The molecule has 1 heterocycles. The first kappa shape index (κ1) is 16.2. The van der Waals surface area contributed by atoms with Gasteiger partial charge in [-0.1, -0.05) is 48.2 Å². The van der Waals surface area contributed by atoms with E-state index in [1.165, 1.54) is 19.3 Å². The summed E-state index contributed by atoms with van der Waals surface area (Å²) in [5.74, 6) is 0.244. The SMILES string of the molecule is CCCCCCOc1ccc2c(c1)c(F)nc1cc(Br)ccc12. The van der Waals surface area contributed by atoms with Crippen LogP contribution in [0.1, 0.15) is 32.6 Å². The van der Waals surface area contributed by atoms with Crippen LogP contribution in [0.15, 0.2) is 40.9 Å². The van der Waals surface area contributed by atoms with Gasteiger partial charge in [0.05, 0.1) is 12.1 Å². The fourth-order valence-electron chi connectivity index (χ4n) is 2.73. The Hall–Kier alpha value is -1.68. The van der Waals surface area contributed by atoms with Crippen LogP contribution in [0.25, 0.3) is 21.7 Å². The van der Waals surface area contributed by atoms with Crippen molar-refractivity contribution in [3.63, 3.8) is 0 Å². The smallest absolute Gasteiger partial charge is 0.221 e. The molecule has 0 bridgehead atoms. The molecule has 4 heteroatoms. The topological polar surface area (TPSA) is 22.1 Å². The molecule has 0 unspecified atom stereocenters. The van der Waals surface area contributed by atoms with Crippen molar-refractivity contribution in [1.29, 1.82) is 0 Å². The van der Waals surface area contributed by atoms with Crippen LogP contribution < -0.4 is 4.74 Å². The number of aromatic nitrogens is 1. The van der Waals surface area contributed by atoms with Gasteiger partial charge in [0.1, 0.15) is 5.75 Å². The van der Waals surface area contributed by atoms with Gasteiger partial charge in [-0.2, -0.15) is 4.39 Å². The molecule has 0 aliphatic rings. The quantitative estimate of drug-likeness (QED) is 0.288. The summed E-state index contributed by atoms with van der Waals surface area (Å²) in [6.45, 7) is 2.85. The van der Waals surface area contributed by atoms with Crippen molar-refractivity contribution in [1.82, 2.24) is 4.98 Å². The second kappa shape index (κ2) is 7.26. The van der Waals surface area contributed by atoms with Crippen LogP contribution in [-0.4, -0.2) is 11.6 Å². The normalized spacial score (nSPS) is 11.3. The number of ether oxygens (including phenoxy) is 1. The summed E-state index contributed by atoms with van der Waals surface area (Å²) >= 11 is 3.40. The van der Waals surface area contributed by atoms with Gasteiger partial charge < -0.3 is 4.74 Å². The van der Waals surface area contributed by atoms with Crippen molar-refractivity contribution >= 4 is 37.6 Å². The van der Waals surface area contributed by atoms with Gasteiger partial charge in [-0.15, -0.1) is 0 Å². The third-order valence-electron chi connectivity index (χ3n) is 3.95.